The maximum atomic E-state index is 11.9. The average molecular weight is 253 g/mol. The van der Waals surface area contributed by atoms with Gasteiger partial charge in [-0.2, -0.15) is 0 Å². The normalized spacial score (nSPS) is 29.2. The first-order valence-electron chi connectivity index (χ1n) is 7.52. The summed E-state index contributed by atoms with van der Waals surface area (Å²) in [7, 11) is 0. The van der Waals surface area contributed by atoms with Gasteiger partial charge in [0.2, 0.25) is 5.91 Å². The van der Waals surface area contributed by atoms with Crippen molar-refractivity contribution in [3.05, 3.63) is 0 Å². The van der Waals surface area contributed by atoms with Crippen LogP contribution < -0.4 is 5.32 Å². The van der Waals surface area contributed by atoms with Crippen LogP contribution in [0.15, 0.2) is 0 Å². The molecule has 2 aliphatic rings. The number of hydrogen-bond donors (Lipinski definition) is 1. The first kappa shape index (κ1) is 13.9. The van der Waals surface area contributed by atoms with Crippen LogP contribution in [-0.2, 0) is 9.53 Å². The fourth-order valence-electron chi connectivity index (χ4n) is 3.17. The minimum absolute atomic E-state index is 0.283. The molecule has 2 saturated carbocycles. The summed E-state index contributed by atoms with van der Waals surface area (Å²) in [6.07, 6.45) is 7.30. The summed E-state index contributed by atoms with van der Waals surface area (Å²) >= 11 is 0. The van der Waals surface area contributed by atoms with Crippen molar-refractivity contribution in [3.63, 3.8) is 0 Å². The number of ether oxygens (including phenoxy) is 1. The molecule has 2 atom stereocenters. The highest BCUT2D eigenvalue weighted by atomic mass is 16.5. The van der Waals surface area contributed by atoms with Gasteiger partial charge in [0, 0.05) is 25.7 Å². The molecule has 18 heavy (non-hydrogen) atoms. The van der Waals surface area contributed by atoms with Crippen LogP contribution in [0.5, 0.6) is 0 Å². The summed E-state index contributed by atoms with van der Waals surface area (Å²) in [4.78, 5) is 11.9. The number of hydrogen-bond acceptors (Lipinski definition) is 2. The van der Waals surface area contributed by atoms with Crippen LogP contribution in [0.4, 0.5) is 0 Å². The van der Waals surface area contributed by atoms with Gasteiger partial charge in [-0.05, 0) is 43.9 Å². The molecule has 0 aromatic heterocycles. The molecule has 3 heteroatoms. The molecular formula is C15H27NO2. The molecule has 0 bridgehead atoms. The van der Waals surface area contributed by atoms with Gasteiger partial charge in [0.05, 0.1) is 0 Å². The zero-order chi connectivity index (χ0) is 13.0. The third-order valence-electron chi connectivity index (χ3n) is 4.73. The van der Waals surface area contributed by atoms with E-state index in [1.54, 1.807) is 0 Å². The van der Waals surface area contributed by atoms with E-state index >= 15 is 0 Å². The van der Waals surface area contributed by atoms with E-state index in [1.165, 1.54) is 25.7 Å². The molecule has 0 unspecified atom stereocenters. The molecular weight excluding hydrogens is 226 g/mol. The Kier molecular flexibility index (Phi) is 4.66. The van der Waals surface area contributed by atoms with E-state index in [0.29, 0.717) is 17.3 Å². The monoisotopic (exact) mass is 253 g/mol. The summed E-state index contributed by atoms with van der Waals surface area (Å²) < 4.78 is 5.49. The van der Waals surface area contributed by atoms with Crippen LogP contribution in [0.25, 0.3) is 0 Å². The zero-order valence-electron chi connectivity index (χ0n) is 11.8. The van der Waals surface area contributed by atoms with Crippen LogP contribution in [0.1, 0.15) is 52.4 Å². The van der Waals surface area contributed by atoms with Crippen molar-refractivity contribution in [1.82, 2.24) is 5.32 Å². The molecule has 0 radical (unpaired) electrons. The molecule has 0 aromatic carbocycles. The molecule has 1 amide bonds. The standard InChI is InChI=1S/C15H27NO2/c1-3-18-9-8-15(6-4-5-7-15)11-16-14(17)13-10-12(13)2/h12-13H,3-11H2,1-2H3,(H,16,17)/t12-,13-/m0/s1. The van der Waals surface area contributed by atoms with Gasteiger partial charge in [0.1, 0.15) is 0 Å². The minimum Gasteiger partial charge on any atom is -0.382 e. The summed E-state index contributed by atoms with van der Waals surface area (Å²) in [5, 5.41) is 3.19. The molecule has 0 aromatic rings. The Morgan fingerprint density at radius 1 is 1.39 bits per heavy atom. The Hall–Kier alpha value is -0.570. The second kappa shape index (κ2) is 6.05. The van der Waals surface area contributed by atoms with Crippen LogP contribution in [-0.4, -0.2) is 25.7 Å². The van der Waals surface area contributed by atoms with Crippen molar-refractivity contribution < 1.29 is 9.53 Å². The lowest BCUT2D eigenvalue weighted by molar-refractivity contribution is -0.123. The summed E-state index contributed by atoms with van der Waals surface area (Å²) in [5.41, 5.74) is 0.322. The van der Waals surface area contributed by atoms with E-state index in [1.807, 2.05) is 6.92 Å². The Balaban J connectivity index is 1.76. The maximum Gasteiger partial charge on any atom is 0.223 e. The zero-order valence-corrected chi connectivity index (χ0v) is 11.8. The van der Waals surface area contributed by atoms with E-state index in [9.17, 15) is 4.79 Å². The number of carbonyl (C=O) groups excluding carboxylic acids is 1. The predicted octanol–water partition coefficient (Wildman–Crippen LogP) is 2.75. The molecule has 1 N–H and O–H groups in total. The van der Waals surface area contributed by atoms with Crippen molar-refractivity contribution in [2.24, 2.45) is 17.3 Å². The molecule has 0 spiro atoms. The Labute approximate surface area is 111 Å². The molecule has 2 rings (SSSR count). The summed E-state index contributed by atoms with van der Waals surface area (Å²) in [6, 6.07) is 0. The smallest absolute Gasteiger partial charge is 0.223 e. The van der Waals surface area contributed by atoms with Gasteiger partial charge in [-0.3, -0.25) is 4.79 Å². The topological polar surface area (TPSA) is 38.3 Å². The van der Waals surface area contributed by atoms with Crippen molar-refractivity contribution in [1.29, 1.82) is 0 Å². The molecule has 0 aliphatic heterocycles. The van der Waals surface area contributed by atoms with Crippen LogP contribution in [0.3, 0.4) is 0 Å². The summed E-state index contributed by atoms with van der Waals surface area (Å²) in [5.74, 6) is 1.19. The van der Waals surface area contributed by atoms with Gasteiger partial charge >= 0.3 is 0 Å². The molecule has 0 heterocycles. The second-order valence-corrected chi connectivity index (χ2v) is 6.19. The van der Waals surface area contributed by atoms with E-state index in [-0.39, 0.29) is 5.91 Å². The van der Waals surface area contributed by atoms with E-state index in [2.05, 4.69) is 12.2 Å². The highest BCUT2D eigenvalue weighted by molar-refractivity contribution is 5.81. The molecule has 2 fully saturated rings. The fraction of sp³-hybridized carbons (Fsp3) is 0.933. The predicted molar refractivity (Wildman–Crippen MR) is 72.3 cm³/mol. The van der Waals surface area contributed by atoms with Crippen molar-refractivity contribution in [2.45, 2.75) is 52.4 Å². The van der Waals surface area contributed by atoms with Crippen molar-refractivity contribution in [2.75, 3.05) is 19.8 Å². The third kappa shape index (κ3) is 3.47. The molecule has 3 nitrogen and oxygen atoms in total. The SMILES string of the molecule is CCOCCC1(CNC(=O)[C@H]2C[C@@H]2C)CCCC1. The molecule has 0 saturated heterocycles. The lowest BCUT2D eigenvalue weighted by Gasteiger charge is -2.29. The van der Waals surface area contributed by atoms with Gasteiger partial charge in [0.15, 0.2) is 0 Å². The lowest BCUT2D eigenvalue weighted by Crippen LogP contribution is -2.37. The lowest BCUT2D eigenvalue weighted by atomic mass is 9.83. The summed E-state index contributed by atoms with van der Waals surface area (Å²) in [6.45, 7) is 6.69. The van der Waals surface area contributed by atoms with Crippen molar-refractivity contribution in [3.8, 4) is 0 Å². The van der Waals surface area contributed by atoms with E-state index in [0.717, 1.165) is 32.6 Å². The average Bonchev–Trinajstić information content (AvgIpc) is 2.91. The number of rotatable bonds is 7. The second-order valence-electron chi connectivity index (χ2n) is 6.19. The highest BCUT2D eigenvalue weighted by Gasteiger charge is 2.40. The quantitative estimate of drug-likeness (QED) is 0.708. The molecule has 104 valence electrons. The minimum atomic E-state index is 0.283. The van der Waals surface area contributed by atoms with Gasteiger partial charge in [-0.15, -0.1) is 0 Å². The molecule has 2 aliphatic carbocycles. The van der Waals surface area contributed by atoms with E-state index in [4.69, 9.17) is 4.74 Å². The van der Waals surface area contributed by atoms with Crippen molar-refractivity contribution >= 4 is 5.91 Å². The maximum absolute atomic E-state index is 11.9. The highest BCUT2D eigenvalue weighted by Crippen LogP contribution is 2.41. The van der Waals surface area contributed by atoms with E-state index < -0.39 is 0 Å². The fourth-order valence-corrected chi connectivity index (χ4v) is 3.17. The number of carbonyl (C=O) groups is 1. The Bertz CT molecular complexity index is 284. The van der Waals surface area contributed by atoms with Gasteiger partial charge < -0.3 is 10.1 Å². The first-order valence-corrected chi connectivity index (χ1v) is 7.52. The van der Waals surface area contributed by atoms with Gasteiger partial charge in [-0.25, -0.2) is 0 Å². The van der Waals surface area contributed by atoms with Crippen LogP contribution in [0, 0.1) is 17.3 Å². The number of nitrogens with one attached hydrogen (secondary N) is 1. The third-order valence-corrected chi connectivity index (χ3v) is 4.73. The number of amides is 1. The van der Waals surface area contributed by atoms with Crippen LogP contribution in [0.2, 0.25) is 0 Å². The largest absolute Gasteiger partial charge is 0.382 e. The first-order chi connectivity index (χ1) is 8.67. The van der Waals surface area contributed by atoms with Crippen LogP contribution >= 0.6 is 0 Å². The van der Waals surface area contributed by atoms with Gasteiger partial charge in [0.25, 0.3) is 0 Å². The van der Waals surface area contributed by atoms with Gasteiger partial charge in [-0.1, -0.05) is 19.8 Å². The Morgan fingerprint density at radius 2 is 2.06 bits per heavy atom. The Morgan fingerprint density at radius 3 is 2.61 bits per heavy atom.